The number of aromatic nitrogens is 2. The largest absolute Gasteiger partial charge is 0.497 e. The maximum atomic E-state index is 6.00. The molecule has 0 saturated heterocycles. The summed E-state index contributed by atoms with van der Waals surface area (Å²) in [5, 5.41) is 4.20. The topological polar surface area (TPSA) is 79.1 Å². The van der Waals surface area contributed by atoms with E-state index in [-0.39, 0.29) is 6.04 Å². The number of halogens is 2. The number of aliphatic imine (C=N–C) groups is 1. The number of nitrogens with zero attached hydrogens (tertiary/aromatic N) is 3. The normalized spacial score (nSPS) is 16.2. The molecule has 292 valence electrons. The minimum absolute atomic E-state index is 0.343. The van der Waals surface area contributed by atoms with Gasteiger partial charge in [0.2, 0.25) is 5.79 Å². The number of benzene rings is 6. The van der Waals surface area contributed by atoms with Gasteiger partial charge in [0.1, 0.15) is 28.8 Å². The smallest absolute Gasteiger partial charge is 0.221 e. The van der Waals surface area contributed by atoms with Gasteiger partial charge in [-0.15, -0.1) is 0 Å². The molecule has 10 heteroatoms. The summed E-state index contributed by atoms with van der Waals surface area (Å²) in [6.07, 6.45) is 0. The van der Waals surface area contributed by atoms with Crippen LogP contribution >= 0.6 is 45.2 Å². The molecule has 0 bridgehead atoms. The Morgan fingerprint density at radius 3 is 1.60 bits per heavy atom. The lowest BCUT2D eigenvalue weighted by atomic mass is 9.96. The molecule has 0 fully saturated rings. The van der Waals surface area contributed by atoms with E-state index in [2.05, 4.69) is 152 Å². The molecule has 0 aliphatic carbocycles. The zero-order valence-electron chi connectivity index (χ0n) is 32.6. The van der Waals surface area contributed by atoms with E-state index in [0.717, 1.165) is 93.7 Å². The Labute approximate surface area is 366 Å². The lowest BCUT2D eigenvalue weighted by Gasteiger charge is -2.35. The number of alkyl halides is 2. The SMILES string of the molecule is COc1ccc(C2=NC(c3ccccc3CI)(n3c(-c4ccccc4CI)nc(-c4ccc(OC)cc4)c3-c3ccc(OC)cc3)NC2c2ccc(OC)cc2)cc1. The van der Waals surface area contributed by atoms with Crippen LogP contribution in [0.2, 0.25) is 0 Å². The van der Waals surface area contributed by atoms with Gasteiger partial charge < -0.3 is 18.9 Å². The van der Waals surface area contributed by atoms with Crippen molar-refractivity contribution in [1.82, 2.24) is 14.9 Å². The van der Waals surface area contributed by atoms with Crippen LogP contribution in [0.3, 0.4) is 0 Å². The molecule has 1 aromatic heterocycles. The van der Waals surface area contributed by atoms with Crippen molar-refractivity contribution in [3.63, 3.8) is 0 Å². The fraction of sp³-hybridized carbons (Fsp3) is 0.167. The molecule has 1 N–H and O–H groups in total. The van der Waals surface area contributed by atoms with Crippen LogP contribution in [0.4, 0.5) is 0 Å². The zero-order chi connectivity index (χ0) is 40.2. The van der Waals surface area contributed by atoms with Crippen molar-refractivity contribution < 1.29 is 18.9 Å². The Kier molecular flexibility index (Phi) is 11.9. The van der Waals surface area contributed by atoms with Gasteiger partial charge in [0.15, 0.2) is 0 Å². The molecular weight excluding hydrogens is 950 g/mol. The molecule has 2 atom stereocenters. The molecule has 6 aromatic carbocycles. The van der Waals surface area contributed by atoms with Gasteiger partial charge in [0, 0.05) is 31.1 Å². The van der Waals surface area contributed by atoms with E-state index in [0.29, 0.717) is 0 Å². The molecule has 0 saturated carbocycles. The second-order valence-corrected chi connectivity index (χ2v) is 15.3. The first-order chi connectivity index (χ1) is 28.4. The summed E-state index contributed by atoms with van der Waals surface area (Å²) >= 11 is 4.92. The first-order valence-corrected chi connectivity index (χ1v) is 21.9. The van der Waals surface area contributed by atoms with Crippen LogP contribution in [0.15, 0.2) is 151 Å². The third-order valence-electron chi connectivity index (χ3n) is 10.6. The van der Waals surface area contributed by atoms with Gasteiger partial charge >= 0.3 is 0 Å². The highest BCUT2D eigenvalue weighted by Gasteiger charge is 2.48. The number of imidazole rings is 1. The van der Waals surface area contributed by atoms with Gasteiger partial charge in [-0.25, -0.2) is 9.98 Å². The summed E-state index contributed by atoms with van der Waals surface area (Å²) < 4.78 is 26.4. The molecular formula is C48H42I2N4O4. The number of nitrogens with one attached hydrogen (secondary N) is 1. The van der Waals surface area contributed by atoms with Crippen LogP contribution in [-0.4, -0.2) is 43.7 Å². The number of methoxy groups -OCH3 is 4. The van der Waals surface area contributed by atoms with Crippen LogP contribution in [0.5, 0.6) is 23.0 Å². The van der Waals surface area contributed by atoms with Crippen molar-refractivity contribution in [2.75, 3.05) is 28.4 Å². The summed E-state index contributed by atoms with van der Waals surface area (Å²) in [5.41, 5.74) is 10.9. The van der Waals surface area contributed by atoms with Crippen molar-refractivity contribution in [2.45, 2.75) is 20.7 Å². The van der Waals surface area contributed by atoms with Crippen LogP contribution in [0, 0.1) is 0 Å². The van der Waals surface area contributed by atoms with E-state index in [1.54, 1.807) is 28.4 Å². The average molecular weight is 993 g/mol. The zero-order valence-corrected chi connectivity index (χ0v) is 36.9. The highest BCUT2D eigenvalue weighted by Crippen LogP contribution is 2.48. The molecule has 2 unspecified atom stereocenters. The summed E-state index contributed by atoms with van der Waals surface area (Å²) in [6, 6.07) is 49.5. The second-order valence-electron chi connectivity index (χ2n) is 13.8. The van der Waals surface area contributed by atoms with Crippen molar-refractivity contribution in [1.29, 1.82) is 0 Å². The van der Waals surface area contributed by atoms with E-state index in [1.165, 1.54) is 5.56 Å². The highest BCUT2D eigenvalue weighted by molar-refractivity contribution is 14.1. The summed E-state index contributed by atoms with van der Waals surface area (Å²) in [5.74, 6) is 2.67. The Balaban J connectivity index is 1.54. The lowest BCUT2D eigenvalue weighted by Crippen LogP contribution is -2.46. The van der Waals surface area contributed by atoms with Crippen molar-refractivity contribution in [3.05, 3.63) is 173 Å². The Morgan fingerprint density at radius 1 is 0.569 bits per heavy atom. The van der Waals surface area contributed by atoms with Gasteiger partial charge in [-0.05, 0) is 107 Å². The van der Waals surface area contributed by atoms with Crippen LogP contribution in [0.1, 0.15) is 33.9 Å². The van der Waals surface area contributed by atoms with Gasteiger partial charge in [0.25, 0.3) is 0 Å². The third kappa shape index (κ3) is 7.37. The number of hydrogen-bond donors (Lipinski definition) is 1. The van der Waals surface area contributed by atoms with Crippen molar-refractivity contribution in [3.8, 4) is 56.9 Å². The number of ether oxygens (including phenoxy) is 4. The predicted octanol–water partition coefficient (Wildman–Crippen LogP) is 11.3. The third-order valence-corrected chi connectivity index (χ3v) is 12.2. The molecule has 7 aromatic rings. The molecule has 1 aliphatic heterocycles. The Hall–Kier alpha value is -5.18. The fourth-order valence-corrected chi connectivity index (χ4v) is 8.99. The lowest BCUT2D eigenvalue weighted by molar-refractivity contribution is 0.306. The van der Waals surface area contributed by atoms with E-state index >= 15 is 0 Å². The van der Waals surface area contributed by atoms with E-state index in [4.69, 9.17) is 28.9 Å². The quantitative estimate of drug-likeness (QED) is 0.0916. The van der Waals surface area contributed by atoms with Crippen molar-refractivity contribution in [2.24, 2.45) is 4.99 Å². The number of rotatable bonds is 13. The predicted molar refractivity (Wildman–Crippen MR) is 249 cm³/mol. The van der Waals surface area contributed by atoms with Crippen LogP contribution in [0.25, 0.3) is 33.9 Å². The standard InChI is InChI=1S/C48H42I2N4O4/c1-55-37-21-13-31(14-22-37)43-44(32-15-23-38(56-2)24-16-32)53-48(52-43,42-12-8-6-10-36(42)30-50)54-46(34-19-27-40(58-4)28-20-34)45(33-17-25-39(57-3)26-18-33)51-47(54)41-11-7-5-9-35(41)29-49/h5-28,43,52H,29-30H2,1-4H3. The minimum Gasteiger partial charge on any atom is -0.497 e. The highest BCUT2D eigenvalue weighted by atomic mass is 127. The summed E-state index contributed by atoms with van der Waals surface area (Å²) in [4.78, 5) is 11.7. The van der Waals surface area contributed by atoms with Gasteiger partial charge in [0.05, 0.1) is 51.6 Å². The first-order valence-electron chi connectivity index (χ1n) is 18.8. The fourth-order valence-electron chi connectivity index (χ4n) is 7.66. The van der Waals surface area contributed by atoms with E-state index in [1.807, 2.05) is 48.5 Å². The number of hydrogen-bond acceptors (Lipinski definition) is 7. The van der Waals surface area contributed by atoms with Gasteiger partial charge in [-0.3, -0.25) is 9.88 Å². The van der Waals surface area contributed by atoms with Crippen LogP contribution < -0.4 is 24.3 Å². The molecule has 8 rings (SSSR count). The Morgan fingerprint density at radius 2 is 1.05 bits per heavy atom. The first kappa shape index (κ1) is 39.6. The van der Waals surface area contributed by atoms with Crippen LogP contribution in [-0.2, 0) is 14.6 Å². The molecule has 58 heavy (non-hydrogen) atoms. The van der Waals surface area contributed by atoms with Gasteiger partial charge in [-0.1, -0.05) is 106 Å². The summed E-state index contributed by atoms with van der Waals surface area (Å²) in [6.45, 7) is 0. The Bertz CT molecular complexity index is 2550. The van der Waals surface area contributed by atoms with E-state index in [9.17, 15) is 0 Å². The minimum atomic E-state index is -1.21. The summed E-state index contributed by atoms with van der Waals surface area (Å²) in [7, 11) is 6.75. The molecule has 8 nitrogen and oxygen atoms in total. The van der Waals surface area contributed by atoms with Gasteiger partial charge in [-0.2, -0.15) is 0 Å². The molecule has 2 heterocycles. The maximum absolute atomic E-state index is 6.00. The molecule has 1 aliphatic rings. The van der Waals surface area contributed by atoms with E-state index < -0.39 is 5.79 Å². The molecule has 0 amide bonds. The van der Waals surface area contributed by atoms with Crippen molar-refractivity contribution >= 4 is 50.9 Å². The monoisotopic (exact) mass is 992 g/mol. The second kappa shape index (κ2) is 17.4. The molecule has 0 spiro atoms. The maximum Gasteiger partial charge on any atom is 0.221 e. The average Bonchev–Trinajstić information content (AvgIpc) is 3.90. The molecule has 0 radical (unpaired) electrons.